The monoisotopic (exact) mass is 245 g/mol. The first-order chi connectivity index (χ1) is 8.76. The molecule has 3 unspecified atom stereocenters. The summed E-state index contributed by atoms with van der Waals surface area (Å²) in [5.41, 5.74) is 6.72. The van der Waals surface area contributed by atoms with Gasteiger partial charge in [-0.3, -0.25) is 4.99 Å². The SMILES string of the molecule is NCC1CCC2N=C(c3cccc(O)c3)NC2C1. The number of hydrogen-bond donors (Lipinski definition) is 3. The Labute approximate surface area is 107 Å². The fourth-order valence-corrected chi connectivity index (χ4v) is 2.96. The third-order valence-corrected chi connectivity index (χ3v) is 3.99. The van der Waals surface area contributed by atoms with E-state index in [0.29, 0.717) is 18.0 Å². The Kier molecular flexibility index (Phi) is 2.96. The Morgan fingerprint density at radius 1 is 1.39 bits per heavy atom. The molecule has 2 aliphatic rings. The molecule has 0 amide bonds. The zero-order valence-corrected chi connectivity index (χ0v) is 10.3. The normalized spacial score (nSPS) is 30.5. The molecule has 96 valence electrons. The molecule has 4 N–H and O–H groups in total. The Hall–Kier alpha value is -1.55. The molecule has 0 bridgehead atoms. The lowest BCUT2D eigenvalue weighted by Crippen LogP contribution is -2.41. The van der Waals surface area contributed by atoms with Gasteiger partial charge in [0, 0.05) is 5.56 Å². The van der Waals surface area contributed by atoms with Gasteiger partial charge in [0.1, 0.15) is 11.6 Å². The van der Waals surface area contributed by atoms with Gasteiger partial charge in [-0.25, -0.2) is 0 Å². The molecule has 0 saturated heterocycles. The Bertz CT molecular complexity index is 472. The summed E-state index contributed by atoms with van der Waals surface area (Å²) in [5, 5.41) is 13.0. The van der Waals surface area contributed by atoms with Crippen LogP contribution in [0.3, 0.4) is 0 Å². The molecule has 3 atom stereocenters. The van der Waals surface area contributed by atoms with Gasteiger partial charge >= 0.3 is 0 Å². The number of nitrogens with zero attached hydrogens (tertiary/aromatic N) is 1. The molecule has 4 heteroatoms. The van der Waals surface area contributed by atoms with Gasteiger partial charge in [-0.15, -0.1) is 0 Å². The van der Waals surface area contributed by atoms with Crippen LogP contribution in [0.1, 0.15) is 24.8 Å². The minimum atomic E-state index is 0.284. The van der Waals surface area contributed by atoms with Crippen molar-refractivity contribution in [3.8, 4) is 5.75 Å². The van der Waals surface area contributed by atoms with Gasteiger partial charge in [0.25, 0.3) is 0 Å². The van der Waals surface area contributed by atoms with Crippen molar-refractivity contribution in [1.29, 1.82) is 0 Å². The first-order valence-corrected chi connectivity index (χ1v) is 6.60. The molecule has 1 heterocycles. The van der Waals surface area contributed by atoms with E-state index in [-0.39, 0.29) is 5.75 Å². The van der Waals surface area contributed by atoms with E-state index >= 15 is 0 Å². The Morgan fingerprint density at radius 3 is 3.06 bits per heavy atom. The largest absolute Gasteiger partial charge is 0.508 e. The molecule has 0 aromatic heterocycles. The van der Waals surface area contributed by atoms with Crippen molar-refractivity contribution in [3.63, 3.8) is 0 Å². The van der Waals surface area contributed by atoms with Crippen molar-refractivity contribution in [2.45, 2.75) is 31.3 Å². The number of nitrogens with one attached hydrogen (secondary N) is 1. The van der Waals surface area contributed by atoms with Crippen LogP contribution in [0.5, 0.6) is 5.75 Å². The lowest BCUT2D eigenvalue weighted by Gasteiger charge is -2.29. The van der Waals surface area contributed by atoms with Crippen molar-refractivity contribution in [3.05, 3.63) is 29.8 Å². The van der Waals surface area contributed by atoms with E-state index in [1.807, 2.05) is 12.1 Å². The van der Waals surface area contributed by atoms with Crippen LogP contribution in [0.2, 0.25) is 0 Å². The summed E-state index contributed by atoms with van der Waals surface area (Å²) in [7, 11) is 0. The van der Waals surface area contributed by atoms with Crippen LogP contribution in [0.25, 0.3) is 0 Å². The third-order valence-electron chi connectivity index (χ3n) is 3.99. The molecule has 0 spiro atoms. The molecule has 1 aromatic carbocycles. The standard InChI is InChI=1S/C14H19N3O/c15-8-9-4-5-12-13(6-9)17-14(16-12)10-2-1-3-11(18)7-10/h1-3,7,9,12-13,18H,4-6,8,15H2,(H,16,17). The number of aliphatic imine (C=N–C) groups is 1. The number of benzene rings is 1. The van der Waals surface area contributed by atoms with Crippen LogP contribution >= 0.6 is 0 Å². The van der Waals surface area contributed by atoms with Gasteiger partial charge in [-0.05, 0) is 43.9 Å². The van der Waals surface area contributed by atoms with E-state index in [2.05, 4.69) is 5.32 Å². The maximum absolute atomic E-state index is 9.51. The number of hydrogen-bond acceptors (Lipinski definition) is 4. The highest BCUT2D eigenvalue weighted by molar-refractivity contribution is 6.00. The number of phenols is 1. The predicted octanol–water partition coefficient (Wildman–Crippen LogP) is 1.24. The summed E-state index contributed by atoms with van der Waals surface area (Å²) in [6.45, 7) is 0.770. The summed E-state index contributed by atoms with van der Waals surface area (Å²) in [4.78, 5) is 4.74. The highest BCUT2D eigenvalue weighted by Gasteiger charge is 2.34. The number of aromatic hydroxyl groups is 1. The summed E-state index contributed by atoms with van der Waals surface area (Å²) in [5.74, 6) is 1.82. The highest BCUT2D eigenvalue weighted by atomic mass is 16.3. The van der Waals surface area contributed by atoms with E-state index < -0.39 is 0 Å². The zero-order chi connectivity index (χ0) is 12.5. The van der Waals surface area contributed by atoms with E-state index in [1.54, 1.807) is 12.1 Å². The van der Waals surface area contributed by atoms with E-state index in [1.165, 1.54) is 6.42 Å². The van der Waals surface area contributed by atoms with Gasteiger partial charge in [0.2, 0.25) is 0 Å². The average Bonchev–Trinajstić information content (AvgIpc) is 2.81. The first kappa shape index (κ1) is 11.5. The Morgan fingerprint density at radius 2 is 2.28 bits per heavy atom. The molecule has 4 nitrogen and oxygen atoms in total. The third kappa shape index (κ3) is 2.08. The smallest absolute Gasteiger partial charge is 0.129 e. The number of amidine groups is 1. The number of nitrogens with two attached hydrogens (primary N) is 1. The quantitative estimate of drug-likeness (QED) is 0.734. The van der Waals surface area contributed by atoms with Crippen molar-refractivity contribution in [2.75, 3.05) is 6.54 Å². The molecule has 1 saturated carbocycles. The lowest BCUT2D eigenvalue weighted by atomic mass is 9.83. The maximum Gasteiger partial charge on any atom is 0.129 e. The second kappa shape index (κ2) is 4.61. The predicted molar refractivity (Wildman–Crippen MR) is 71.8 cm³/mol. The van der Waals surface area contributed by atoms with Gasteiger partial charge in [-0.2, -0.15) is 0 Å². The van der Waals surface area contributed by atoms with Crippen LogP contribution in [0.4, 0.5) is 0 Å². The van der Waals surface area contributed by atoms with Crippen molar-refractivity contribution >= 4 is 5.84 Å². The van der Waals surface area contributed by atoms with Crippen LogP contribution in [-0.4, -0.2) is 29.6 Å². The van der Waals surface area contributed by atoms with Crippen molar-refractivity contribution < 1.29 is 5.11 Å². The maximum atomic E-state index is 9.51. The average molecular weight is 245 g/mol. The molecule has 1 aliphatic carbocycles. The molecule has 18 heavy (non-hydrogen) atoms. The van der Waals surface area contributed by atoms with Crippen LogP contribution < -0.4 is 11.1 Å². The van der Waals surface area contributed by atoms with Crippen LogP contribution in [0.15, 0.2) is 29.3 Å². The first-order valence-electron chi connectivity index (χ1n) is 6.60. The summed E-state index contributed by atoms with van der Waals surface area (Å²) in [6.07, 6.45) is 3.39. The number of phenolic OH excluding ortho intramolecular Hbond substituents is 1. The van der Waals surface area contributed by atoms with E-state index in [4.69, 9.17) is 10.7 Å². The minimum Gasteiger partial charge on any atom is -0.508 e. The topological polar surface area (TPSA) is 70.6 Å². The van der Waals surface area contributed by atoms with Crippen molar-refractivity contribution in [1.82, 2.24) is 5.32 Å². The summed E-state index contributed by atoms with van der Waals surface area (Å²) < 4.78 is 0. The van der Waals surface area contributed by atoms with Gasteiger partial charge in [0.15, 0.2) is 0 Å². The molecular weight excluding hydrogens is 226 g/mol. The molecular formula is C14H19N3O. The fourth-order valence-electron chi connectivity index (χ4n) is 2.96. The van der Waals surface area contributed by atoms with Gasteiger partial charge < -0.3 is 16.2 Å². The lowest BCUT2D eigenvalue weighted by molar-refractivity contribution is 0.294. The molecule has 1 aliphatic heterocycles. The summed E-state index contributed by atoms with van der Waals surface area (Å²) >= 11 is 0. The van der Waals surface area contributed by atoms with Crippen LogP contribution in [0, 0.1) is 5.92 Å². The van der Waals surface area contributed by atoms with E-state index in [0.717, 1.165) is 30.8 Å². The second-order valence-electron chi connectivity index (χ2n) is 5.26. The van der Waals surface area contributed by atoms with Crippen LogP contribution in [-0.2, 0) is 0 Å². The number of rotatable bonds is 2. The second-order valence-corrected chi connectivity index (χ2v) is 5.26. The molecule has 3 rings (SSSR count). The minimum absolute atomic E-state index is 0.284. The number of fused-ring (bicyclic) bond motifs is 1. The molecule has 1 fully saturated rings. The summed E-state index contributed by atoms with van der Waals surface area (Å²) in [6, 6.07) is 8.05. The van der Waals surface area contributed by atoms with Crippen molar-refractivity contribution in [2.24, 2.45) is 16.6 Å². The van der Waals surface area contributed by atoms with Gasteiger partial charge in [-0.1, -0.05) is 12.1 Å². The van der Waals surface area contributed by atoms with E-state index in [9.17, 15) is 5.11 Å². The fraction of sp³-hybridized carbons (Fsp3) is 0.500. The molecule has 1 aromatic rings. The zero-order valence-electron chi connectivity index (χ0n) is 10.3. The molecule has 0 radical (unpaired) electrons. The van der Waals surface area contributed by atoms with Gasteiger partial charge in [0.05, 0.1) is 12.1 Å². The highest BCUT2D eigenvalue weighted by Crippen LogP contribution is 2.30. The Balaban J connectivity index is 1.77.